The molecule has 1 N–H and O–H groups in total. The summed E-state index contributed by atoms with van der Waals surface area (Å²) in [5.74, 6) is 0.480. The van der Waals surface area contributed by atoms with E-state index in [1.807, 2.05) is 36.4 Å². The summed E-state index contributed by atoms with van der Waals surface area (Å²) in [4.78, 5) is 0. The molecule has 0 heterocycles. The molecule has 0 saturated heterocycles. The van der Waals surface area contributed by atoms with E-state index in [4.69, 9.17) is 11.6 Å². The minimum Gasteiger partial charge on any atom is -0.389 e. The molecule has 0 radical (unpaired) electrons. The first-order valence-electron chi connectivity index (χ1n) is 4.88. The Kier molecular flexibility index (Phi) is 2.90. The van der Waals surface area contributed by atoms with Crippen molar-refractivity contribution in [1.82, 2.24) is 0 Å². The Morgan fingerprint density at radius 3 is 2.71 bits per heavy atom. The molecule has 0 amide bonds. The van der Waals surface area contributed by atoms with E-state index in [-0.39, 0.29) is 6.10 Å². The van der Waals surface area contributed by atoms with Crippen molar-refractivity contribution in [1.29, 1.82) is 0 Å². The molecule has 0 aliphatic heterocycles. The lowest BCUT2D eigenvalue weighted by Crippen LogP contribution is -2.03. The molecule has 1 nitrogen and oxygen atoms in total. The minimum absolute atomic E-state index is 0.300. The SMILES string of the molecule is OC(/C=C/c1ccccc1Cl)C1CC1. The number of aliphatic hydroxyl groups excluding tert-OH is 1. The van der Waals surface area contributed by atoms with Gasteiger partial charge in [-0.05, 0) is 30.4 Å². The Balaban J connectivity index is 2.05. The van der Waals surface area contributed by atoms with E-state index in [0.717, 1.165) is 23.4 Å². The van der Waals surface area contributed by atoms with Gasteiger partial charge in [-0.15, -0.1) is 0 Å². The zero-order valence-corrected chi connectivity index (χ0v) is 8.61. The second-order valence-corrected chi connectivity index (χ2v) is 4.12. The molecule has 1 unspecified atom stereocenters. The average Bonchev–Trinajstić information content (AvgIpc) is 2.99. The van der Waals surface area contributed by atoms with E-state index in [1.165, 1.54) is 0 Å². The van der Waals surface area contributed by atoms with Crippen LogP contribution in [0.2, 0.25) is 5.02 Å². The molecule has 1 aromatic rings. The van der Waals surface area contributed by atoms with Crippen molar-refractivity contribution in [3.8, 4) is 0 Å². The normalized spacial score (nSPS) is 18.7. The maximum atomic E-state index is 9.61. The highest BCUT2D eigenvalue weighted by Gasteiger charge is 2.27. The van der Waals surface area contributed by atoms with Crippen molar-refractivity contribution in [3.05, 3.63) is 40.9 Å². The van der Waals surface area contributed by atoms with Gasteiger partial charge in [0, 0.05) is 5.02 Å². The van der Waals surface area contributed by atoms with Crippen molar-refractivity contribution in [2.24, 2.45) is 5.92 Å². The maximum absolute atomic E-state index is 9.61. The first kappa shape index (κ1) is 9.75. The first-order chi connectivity index (χ1) is 6.77. The summed E-state index contributed by atoms with van der Waals surface area (Å²) in [5.41, 5.74) is 0.967. The number of rotatable bonds is 3. The Labute approximate surface area is 89.0 Å². The van der Waals surface area contributed by atoms with Crippen molar-refractivity contribution in [2.75, 3.05) is 0 Å². The monoisotopic (exact) mass is 208 g/mol. The molecule has 74 valence electrons. The highest BCUT2D eigenvalue weighted by Crippen LogP contribution is 2.33. The number of aliphatic hydroxyl groups is 1. The molecule has 0 spiro atoms. The molecule has 1 aliphatic rings. The fraction of sp³-hybridized carbons (Fsp3) is 0.333. The highest BCUT2D eigenvalue weighted by atomic mass is 35.5. The summed E-state index contributed by atoms with van der Waals surface area (Å²) >= 11 is 5.97. The number of halogens is 1. The van der Waals surface area contributed by atoms with Crippen molar-refractivity contribution in [3.63, 3.8) is 0 Å². The Bertz CT molecular complexity index is 342. The van der Waals surface area contributed by atoms with Crippen molar-refractivity contribution >= 4 is 17.7 Å². The van der Waals surface area contributed by atoms with E-state index in [2.05, 4.69) is 0 Å². The molecule has 14 heavy (non-hydrogen) atoms. The van der Waals surface area contributed by atoms with Crippen LogP contribution < -0.4 is 0 Å². The fourth-order valence-electron chi connectivity index (χ4n) is 1.41. The highest BCUT2D eigenvalue weighted by molar-refractivity contribution is 6.32. The summed E-state index contributed by atoms with van der Waals surface area (Å²) in [6.45, 7) is 0. The second-order valence-electron chi connectivity index (χ2n) is 3.71. The number of benzene rings is 1. The van der Waals surface area contributed by atoms with E-state index in [1.54, 1.807) is 0 Å². The van der Waals surface area contributed by atoms with Gasteiger partial charge in [0.25, 0.3) is 0 Å². The molecule has 2 rings (SSSR count). The van der Waals surface area contributed by atoms with Gasteiger partial charge in [-0.2, -0.15) is 0 Å². The van der Waals surface area contributed by atoms with Crippen LogP contribution in [0.5, 0.6) is 0 Å². The van der Waals surface area contributed by atoms with Crippen molar-refractivity contribution < 1.29 is 5.11 Å². The topological polar surface area (TPSA) is 20.2 Å². The third-order valence-electron chi connectivity index (χ3n) is 2.48. The van der Waals surface area contributed by atoms with Gasteiger partial charge in [0.15, 0.2) is 0 Å². The summed E-state index contributed by atoms with van der Waals surface area (Å²) in [6, 6.07) is 7.63. The molecule has 1 aliphatic carbocycles. The summed E-state index contributed by atoms with van der Waals surface area (Å²) in [6.07, 6.45) is 5.72. The van der Waals surface area contributed by atoms with Crippen LogP contribution >= 0.6 is 11.6 Å². The van der Waals surface area contributed by atoms with Gasteiger partial charge in [0.05, 0.1) is 6.10 Å². The molecule has 0 bridgehead atoms. The van der Waals surface area contributed by atoms with Crippen LogP contribution in [-0.4, -0.2) is 11.2 Å². The largest absolute Gasteiger partial charge is 0.389 e. The summed E-state index contributed by atoms with van der Waals surface area (Å²) < 4.78 is 0. The molecular formula is C12H13ClO. The lowest BCUT2D eigenvalue weighted by atomic mass is 10.1. The minimum atomic E-state index is -0.300. The number of hydrogen-bond donors (Lipinski definition) is 1. The smallest absolute Gasteiger partial charge is 0.0752 e. The van der Waals surface area contributed by atoms with Gasteiger partial charge in [-0.3, -0.25) is 0 Å². The fourth-order valence-corrected chi connectivity index (χ4v) is 1.61. The van der Waals surface area contributed by atoms with Crippen molar-refractivity contribution in [2.45, 2.75) is 18.9 Å². The molecule has 1 aromatic carbocycles. The third-order valence-corrected chi connectivity index (χ3v) is 2.83. The first-order valence-corrected chi connectivity index (χ1v) is 5.26. The standard InChI is InChI=1S/C12H13ClO/c13-11-4-2-1-3-9(11)7-8-12(14)10-5-6-10/h1-4,7-8,10,12,14H,5-6H2/b8-7+. The number of hydrogen-bond acceptors (Lipinski definition) is 1. The van der Waals surface area contributed by atoms with Crippen LogP contribution in [-0.2, 0) is 0 Å². The lowest BCUT2D eigenvalue weighted by Gasteiger charge is -2.02. The van der Waals surface area contributed by atoms with Gasteiger partial charge >= 0.3 is 0 Å². The van der Waals surface area contributed by atoms with Crippen LogP contribution in [0.3, 0.4) is 0 Å². The predicted molar refractivity (Wildman–Crippen MR) is 59.2 cm³/mol. The van der Waals surface area contributed by atoms with E-state index >= 15 is 0 Å². The zero-order valence-electron chi connectivity index (χ0n) is 7.86. The van der Waals surface area contributed by atoms with Crippen LogP contribution in [0.1, 0.15) is 18.4 Å². The van der Waals surface area contributed by atoms with Gasteiger partial charge in [0.1, 0.15) is 0 Å². The van der Waals surface area contributed by atoms with E-state index in [9.17, 15) is 5.11 Å². The second kappa shape index (κ2) is 4.16. The predicted octanol–water partition coefficient (Wildman–Crippen LogP) is 3.12. The van der Waals surface area contributed by atoms with Crippen LogP contribution in [0, 0.1) is 5.92 Å². The van der Waals surface area contributed by atoms with Gasteiger partial charge < -0.3 is 5.11 Å². The molecule has 2 heteroatoms. The van der Waals surface area contributed by atoms with Gasteiger partial charge in [0.2, 0.25) is 0 Å². The zero-order chi connectivity index (χ0) is 9.97. The van der Waals surface area contributed by atoms with Gasteiger partial charge in [-0.25, -0.2) is 0 Å². The Hall–Kier alpha value is -0.790. The summed E-state index contributed by atoms with van der Waals surface area (Å²) in [7, 11) is 0. The van der Waals surface area contributed by atoms with Crippen LogP contribution in [0.15, 0.2) is 30.3 Å². The average molecular weight is 209 g/mol. The van der Waals surface area contributed by atoms with Crippen LogP contribution in [0.25, 0.3) is 6.08 Å². The quantitative estimate of drug-likeness (QED) is 0.809. The Morgan fingerprint density at radius 1 is 1.36 bits per heavy atom. The molecule has 1 saturated carbocycles. The summed E-state index contributed by atoms with van der Waals surface area (Å²) in [5, 5.41) is 10.3. The van der Waals surface area contributed by atoms with E-state index in [0.29, 0.717) is 5.92 Å². The third kappa shape index (κ3) is 2.37. The van der Waals surface area contributed by atoms with E-state index < -0.39 is 0 Å². The lowest BCUT2D eigenvalue weighted by molar-refractivity contribution is 0.200. The molecule has 1 atom stereocenters. The van der Waals surface area contributed by atoms with Gasteiger partial charge in [-0.1, -0.05) is 42.0 Å². The Morgan fingerprint density at radius 2 is 2.07 bits per heavy atom. The maximum Gasteiger partial charge on any atom is 0.0752 e. The molecular weight excluding hydrogens is 196 g/mol. The molecule has 0 aromatic heterocycles. The molecule has 1 fully saturated rings. The van der Waals surface area contributed by atoms with Crippen LogP contribution in [0.4, 0.5) is 0 Å².